The Balaban J connectivity index is 6.04. The van der Waals surface area contributed by atoms with Crippen LogP contribution in [0.1, 0.15) is 48.5 Å². The SMILES string of the molecule is CC(C)[Si](C#CC(F)(F)C(C)(O)[Si](C)(C)C)(C(C)C)C(C)C. The van der Waals surface area contributed by atoms with Crippen LogP contribution in [0.2, 0.25) is 36.3 Å². The van der Waals surface area contributed by atoms with Crippen molar-refractivity contribution in [2.24, 2.45) is 0 Å². The Hall–Kier alpha value is -0.186. The third kappa shape index (κ3) is 3.83. The van der Waals surface area contributed by atoms with Crippen molar-refractivity contribution >= 4 is 16.1 Å². The highest BCUT2D eigenvalue weighted by Crippen LogP contribution is 2.42. The molecule has 130 valence electrons. The smallest absolute Gasteiger partial charge is 0.332 e. The van der Waals surface area contributed by atoms with Crippen LogP contribution in [0.25, 0.3) is 0 Å². The van der Waals surface area contributed by atoms with Gasteiger partial charge in [-0.3, -0.25) is 0 Å². The molecule has 0 aromatic carbocycles. The predicted molar refractivity (Wildman–Crippen MR) is 97.7 cm³/mol. The quantitative estimate of drug-likeness (QED) is 0.516. The predicted octanol–water partition coefficient (Wildman–Crippen LogP) is 5.47. The lowest BCUT2D eigenvalue weighted by atomic mass is 10.2. The van der Waals surface area contributed by atoms with Gasteiger partial charge in [0.25, 0.3) is 0 Å². The minimum absolute atomic E-state index is 0.299. The van der Waals surface area contributed by atoms with Gasteiger partial charge in [0.05, 0.1) is 8.07 Å². The summed E-state index contributed by atoms with van der Waals surface area (Å²) in [5.41, 5.74) is 3.95. The molecule has 0 spiro atoms. The Morgan fingerprint density at radius 2 is 1.18 bits per heavy atom. The largest absolute Gasteiger partial charge is 0.386 e. The standard InChI is InChI=1S/C17H34F2OSi2/c1-13(2)22(14(3)4,15(5)6)12-11-17(18,19)16(7,20)21(8,9)10/h13-15,20H,1-10H3. The van der Waals surface area contributed by atoms with Crippen LogP contribution < -0.4 is 0 Å². The Morgan fingerprint density at radius 1 is 0.864 bits per heavy atom. The highest BCUT2D eigenvalue weighted by atomic mass is 28.3. The van der Waals surface area contributed by atoms with Gasteiger partial charge in [-0.15, -0.1) is 5.54 Å². The van der Waals surface area contributed by atoms with Crippen molar-refractivity contribution < 1.29 is 13.9 Å². The van der Waals surface area contributed by atoms with E-state index >= 15 is 0 Å². The molecule has 22 heavy (non-hydrogen) atoms. The molecule has 0 aliphatic heterocycles. The average molecular weight is 349 g/mol. The molecule has 0 bridgehead atoms. The maximum Gasteiger partial charge on any atom is 0.332 e. The minimum Gasteiger partial charge on any atom is -0.386 e. The molecule has 1 N–H and O–H groups in total. The van der Waals surface area contributed by atoms with Crippen molar-refractivity contribution in [3.8, 4) is 11.5 Å². The Morgan fingerprint density at radius 3 is 1.41 bits per heavy atom. The van der Waals surface area contributed by atoms with Crippen LogP contribution in [0.3, 0.4) is 0 Å². The number of halogens is 2. The molecule has 0 aliphatic rings. The average Bonchev–Trinajstić information content (AvgIpc) is 2.25. The van der Waals surface area contributed by atoms with E-state index in [1.807, 2.05) is 0 Å². The van der Waals surface area contributed by atoms with Crippen LogP contribution in [-0.4, -0.2) is 32.4 Å². The van der Waals surface area contributed by atoms with Gasteiger partial charge in [0.1, 0.15) is 13.3 Å². The van der Waals surface area contributed by atoms with Crippen molar-refractivity contribution in [3.05, 3.63) is 0 Å². The normalized spacial score (nSPS) is 16.7. The van der Waals surface area contributed by atoms with E-state index in [1.165, 1.54) is 6.92 Å². The highest BCUT2D eigenvalue weighted by molar-refractivity contribution is 6.90. The lowest BCUT2D eigenvalue weighted by Gasteiger charge is -2.40. The summed E-state index contributed by atoms with van der Waals surface area (Å²) in [6.45, 7) is 19.1. The van der Waals surface area contributed by atoms with Crippen LogP contribution in [0.15, 0.2) is 0 Å². The molecule has 0 amide bonds. The minimum atomic E-state index is -3.37. The van der Waals surface area contributed by atoms with E-state index in [2.05, 4.69) is 53.0 Å². The van der Waals surface area contributed by atoms with E-state index < -0.39 is 27.3 Å². The molecule has 0 aromatic rings. The van der Waals surface area contributed by atoms with Crippen molar-refractivity contribution in [1.29, 1.82) is 0 Å². The molecule has 0 saturated heterocycles. The van der Waals surface area contributed by atoms with Crippen molar-refractivity contribution in [2.75, 3.05) is 0 Å². The highest BCUT2D eigenvalue weighted by Gasteiger charge is 2.56. The molecule has 1 nitrogen and oxygen atoms in total. The first kappa shape index (κ1) is 21.8. The zero-order chi connectivity index (χ0) is 18.1. The molecule has 0 aliphatic carbocycles. The summed E-state index contributed by atoms with van der Waals surface area (Å²) in [6, 6.07) is 0. The first-order chi connectivity index (χ1) is 9.54. The van der Waals surface area contributed by atoms with Gasteiger partial charge in [-0.1, -0.05) is 61.2 Å². The molecule has 0 rings (SSSR count). The first-order valence-electron chi connectivity index (χ1n) is 8.18. The lowest BCUT2D eigenvalue weighted by molar-refractivity contribution is -0.0866. The van der Waals surface area contributed by atoms with Gasteiger partial charge < -0.3 is 5.11 Å². The van der Waals surface area contributed by atoms with Crippen LogP contribution in [0, 0.1) is 11.5 Å². The van der Waals surface area contributed by atoms with E-state index in [1.54, 1.807) is 19.6 Å². The van der Waals surface area contributed by atoms with E-state index in [0.717, 1.165) is 0 Å². The zero-order valence-corrected chi connectivity index (χ0v) is 17.9. The van der Waals surface area contributed by atoms with Gasteiger partial charge >= 0.3 is 5.92 Å². The zero-order valence-electron chi connectivity index (χ0n) is 15.9. The molecule has 1 unspecified atom stereocenters. The fraction of sp³-hybridized carbons (Fsp3) is 0.882. The summed E-state index contributed by atoms with van der Waals surface area (Å²) in [5.74, 6) is -1.11. The van der Waals surface area contributed by atoms with Gasteiger partial charge in [-0.25, -0.2) is 0 Å². The van der Waals surface area contributed by atoms with Crippen LogP contribution in [0.4, 0.5) is 8.78 Å². The summed E-state index contributed by atoms with van der Waals surface area (Å²) in [5, 5.41) is 8.39. The summed E-state index contributed by atoms with van der Waals surface area (Å²) in [4.78, 5) is 0. The number of hydrogen-bond donors (Lipinski definition) is 1. The Labute approximate surface area is 137 Å². The Kier molecular flexibility index (Phi) is 6.68. The third-order valence-electron chi connectivity index (χ3n) is 5.37. The topological polar surface area (TPSA) is 20.2 Å². The van der Waals surface area contributed by atoms with Gasteiger partial charge in [0, 0.05) is 0 Å². The number of aliphatic hydroxyl groups is 1. The van der Waals surface area contributed by atoms with E-state index in [9.17, 15) is 13.9 Å². The molecule has 0 fully saturated rings. The van der Waals surface area contributed by atoms with Crippen LogP contribution in [0.5, 0.6) is 0 Å². The second kappa shape index (κ2) is 6.74. The molecule has 0 saturated carbocycles. The third-order valence-corrected chi connectivity index (χ3v) is 14.9. The van der Waals surface area contributed by atoms with E-state index in [-0.39, 0.29) is 0 Å². The molecular formula is C17H34F2OSi2. The van der Waals surface area contributed by atoms with Crippen molar-refractivity contribution in [3.63, 3.8) is 0 Å². The molecule has 0 radical (unpaired) electrons. The molecule has 5 heteroatoms. The summed E-state index contributed by atoms with van der Waals surface area (Å²) in [6.07, 6.45) is 0. The maximum atomic E-state index is 14.7. The van der Waals surface area contributed by atoms with Crippen LogP contribution in [-0.2, 0) is 0 Å². The second-order valence-corrected chi connectivity index (χ2v) is 19.6. The number of hydrogen-bond acceptors (Lipinski definition) is 1. The van der Waals surface area contributed by atoms with Gasteiger partial charge in [-0.05, 0) is 29.5 Å². The number of alkyl halides is 2. The number of rotatable bonds is 5. The van der Waals surface area contributed by atoms with E-state index in [4.69, 9.17) is 0 Å². The van der Waals surface area contributed by atoms with E-state index in [0.29, 0.717) is 16.6 Å². The monoisotopic (exact) mass is 348 g/mol. The summed E-state index contributed by atoms with van der Waals surface area (Å²) < 4.78 is 29.3. The Bertz CT molecular complexity index is 416. The molecule has 0 heterocycles. The second-order valence-electron chi connectivity index (χ2n) is 8.54. The molecule has 0 aromatic heterocycles. The van der Waals surface area contributed by atoms with Gasteiger partial charge in [0.2, 0.25) is 0 Å². The molecular weight excluding hydrogens is 314 g/mol. The fourth-order valence-corrected chi connectivity index (χ4v) is 9.46. The van der Waals surface area contributed by atoms with Crippen LogP contribution >= 0.6 is 0 Å². The van der Waals surface area contributed by atoms with Gasteiger partial charge in [-0.2, -0.15) is 8.78 Å². The van der Waals surface area contributed by atoms with Gasteiger partial charge in [0.15, 0.2) is 0 Å². The first-order valence-corrected chi connectivity index (χ1v) is 13.9. The van der Waals surface area contributed by atoms with Crippen molar-refractivity contribution in [2.45, 2.75) is 95.9 Å². The molecule has 1 atom stereocenters. The maximum absolute atomic E-state index is 14.7. The summed E-state index contributed by atoms with van der Waals surface area (Å²) in [7, 11) is -4.69. The van der Waals surface area contributed by atoms with Crippen molar-refractivity contribution in [1.82, 2.24) is 0 Å². The summed E-state index contributed by atoms with van der Waals surface area (Å²) >= 11 is 0. The fourth-order valence-electron chi connectivity index (χ4n) is 3.21. The lowest BCUT2D eigenvalue weighted by Crippen LogP contribution is -2.61.